The topological polar surface area (TPSA) is 142 Å². The van der Waals surface area contributed by atoms with Gasteiger partial charge in [0.05, 0.1) is 33.7 Å². The molecule has 0 spiro atoms. The number of alkyl halides is 3. The molecule has 0 amide bonds. The summed E-state index contributed by atoms with van der Waals surface area (Å²) in [4.78, 5) is 40.1. The summed E-state index contributed by atoms with van der Waals surface area (Å²) in [6.45, 7) is 20.8. The van der Waals surface area contributed by atoms with Crippen molar-refractivity contribution < 1.29 is 102 Å². The number of pyridine rings is 6. The van der Waals surface area contributed by atoms with E-state index < -0.39 is 11.7 Å². The number of allylic oxidation sites excluding steroid dienone is 4. The first-order valence-corrected chi connectivity index (χ1v) is 44.6. The van der Waals surface area contributed by atoms with E-state index >= 15 is 0 Å². The van der Waals surface area contributed by atoms with Crippen LogP contribution in [0.4, 0.5) is 30.2 Å². The van der Waals surface area contributed by atoms with Gasteiger partial charge in [-0.15, -0.1) is 137 Å². The summed E-state index contributed by atoms with van der Waals surface area (Å²) in [7, 11) is 0. The number of hydrogen-bond acceptors (Lipinski definition) is 9. The molecule has 20 aromatic rings. The molecule has 0 atom stereocenters. The van der Waals surface area contributed by atoms with E-state index in [1.54, 1.807) is 6.07 Å². The maximum atomic E-state index is 12.5. The zero-order valence-corrected chi connectivity index (χ0v) is 84.9. The molecule has 0 bridgehead atoms. The van der Waals surface area contributed by atoms with Crippen LogP contribution in [0.25, 0.3) is 127 Å². The molecular weight excluding hydrogens is 2250 g/mol. The van der Waals surface area contributed by atoms with E-state index in [9.17, 15) is 22.8 Å². The summed E-state index contributed by atoms with van der Waals surface area (Å²) in [5, 5.41) is 26.8. The molecule has 2 aliphatic heterocycles. The number of hydrogen-bond donors (Lipinski definition) is 2. The number of imidazole rings is 1. The molecule has 0 saturated heterocycles. The van der Waals surface area contributed by atoms with Crippen LogP contribution in [0.5, 0.6) is 0 Å². The molecule has 23 rings (SSSR count). The Labute approximate surface area is 843 Å². The van der Waals surface area contributed by atoms with Crippen LogP contribution < -0.4 is 14.0 Å². The largest absolute Gasteiger partial charge is 0.512 e. The van der Waals surface area contributed by atoms with Crippen molar-refractivity contribution in [1.29, 1.82) is 0 Å². The van der Waals surface area contributed by atoms with Gasteiger partial charge in [0, 0.05) is 142 Å². The summed E-state index contributed by atoms with van der Waals surface area (Å²) < 4.78 is 44.7. The van der Waals surface area contributed by atoms with E-state index in [1.807, 2.05) is 135 Å². The zero-order chi connectivity index (χ0) is 94.4. The molecule has 3 aliphatic rings. The number of carbonyl (C=O) groups excluding carboxylic acids is 2. The molecule has 693 valence electrons. The normalized spacial score (nSPS) is 11.8. The minimum Gasteiger partial charge on any atom is -0.512 e. The van der Waals surface area contributed by atoms with Crippen LogP contribution in [0.15, 0.2) is 394 Å². The Balaban J connectivity index is 0.000000137. The molecule has 18 heteroatoms. The summed E-state index contributed by atoms with van der Waals surface area (Å²) in [6.07, 6.45) is 8.15. The predicted molar refractivity (Wildman–Crippen MR) is 540 cm³/mol. The standard InChI is InChI=1S/C25H21N2.C24H19N2.C18H14N.C16H9F3N.C15H10N.C12H10N.2C5H8O2.3Ir/c1-15-10-11-21-20(12-15)19-9-5-8-18-13-26-14-22(27(21)25(26)24(18)19)23-16(2)6-4-7-17(23)3;1-3-10-20(11-4-1)26(21-12-5-2-6-13-21)22-15-16-25-18-19-9-7-8-14-23(19)24(25)17-22;1-18(2)14-8-4-3-7-13(14)17-16-12(10-11-19-17)6-5-9-15(16)18;17-16(18,19)13-8-5-12(6-9-13)15-10-7-11-3-1-2-4-14(11)20-15;1-2-7-13(8-3-1)15-14-9-5-4-6-12(14)10-11-16-15;1-10-7-8-12(13-9-10)11-5-3-2-4-6-11;2*1-4(6)3-5(2)7;;;/h4-12,14H,13H2,1-3H3;1-17H,18H2;3-6,8-11H,1-2H3;1-5,7-10H;1-7,9-11H;2-5,7-9H,1H3;2*3,6H,1-2H3;;;/q2*+1;4*-1;;;;;. The number of ketones is 2. The van der Waals surface area contributed by atoms with Crippen molar-refractivity contribution in [2.24, 2.45) is 0 Å². The monoisotopic (exact) mass is 2350 g/mol. The average Bonchev–Trinajstić information content (AvgIpc) is 1.53. The first-order chi connectivity index (χ1) is 65.3. The summed E-state index contributed by atoms with van der Waals surface area (Å²) in [5.41, 5.74) is 29.5. The van der Waals surface area contributed by atoms with Crippen molar-refractivity contribution in [3.05, 3.63) is 469 Å². The van der Waals surface area contributed by atoms with Gasteiger partial charge in [-0.2, -0.15) is 22.1 Å². The van der Waals surface area contributed by atoms with Crippen molar-refractivity contribution in [1.82, 2.24) is 24.3 Å². The van der Waals surface area contributed by atoms with E-state index in [0.717, 1.165) is 81.3 Å². The van der Waals surface area contributed by atoms with Gasteiger partial charge in [-0.05, 0) is 199 Å². The van der Waals surface area contributed by atoms with Crippen LogP contribution in [0.1, 0.15) is 91.6 Å². The molecule has 138 heavy (non-hydrogen) atoms. The third kappa shape index (κ3) is 23.1. The van der Waals surface area contributed by atoms with Gasteiger partial charge in [0.2, 0.25) is 5.69 Å². The third-order valence-electron chi connectivity index (χ3n) is 23.7. The van der Waals surface area contributed by atoms with Gasteiger partial charge in [0.15, 0.2) is 30.0 Å². The first kappa shape index (κ1) is 101. The van der Waals surface area contributed by atoms with Crippen LogP contribution in [0.2, 0.25) is 0 Å². The fourth-order valence-corrected chi connectivity index (χ4v) is 17.6. The van der Waals surface area contributed by atoms with E-state index in [1.165, 1.54) is 167 Å². The van der Waals surface area contributed by atoms with E-state index in [4.69, 9.17) is 10.2 Å². The van der Waals surface area contributed by atoms with Crippen molar-refractivity contribution >= 4 is 88.4 Å². The number of halogens is 3. The van der Waals surface area contributed by atoms with Gasteiger partial charge >= 0.3 is 6.18 Å². The quantitative estimate of drug-likeness (QED) is 0.0475. The van der Waals surface area contributed by atoms with Crippen LogP contribution in [0.3, 0.4) is 0 Å². The minimum absolute atomic E-state index is 0. The van der Waals surface area contributed by atoms with Crippen LogP contribution in [-0.2, 0) is 94.6 Å². The molecule has 0 fully saturated rings. The molecule has 0 unspecified atom stereocenters. The molecule has 3 radical (unpaired) electrons. The van der Waals surface area contributed by atoms with Gasteiger partial charge in [-0.3, -0.25) is 14.6 Å². The molecule has 9 heterocycles. The second-order valence-electron chi connectivity index (χ2n) is 34.0. The number of aromatic nitrogens is 7. The van der Waals surface area contributed by atoms with Gasteiger partial charge in [-0.1, -0.05) is 201 Å². The molecule has 2 N–H and O–H groups in total. The second kappa shape index (κ2) is 45.5. The predicted octanol–water partition coefficient (Wildman–Crippen LogP) is 28.6. The van der Waals surface area contributed by atoms with Crippen LogP contribution in [-0.4, -0.2) is 46.1 Å². The molecule has 0 saturated carbocycles. The number of para-hydroxylation sites is 3. The summed E-state index contributed by atoms with van der Waals surface area (Å²) in [6, 6.07) is 126. The summed E-state index contributed by atoms with van der Waals surface area (Å²) >= 11 is 0. The van der Waals surface area contributed by atoms with Crippen molar-refractivity contribution in [2.75, 3.05) is 4.90 Å². The Hall–Kier alpha value is -14.4. The van der Waals surface area contributed by atoms with Crippen LogP contribution in [0, 0.1) is 52.0 Å². The Morgan fingerprint density at radius 2 is 1.03 bits per heavy atom. The Bertz CT molecular complexity index is 7690. The molecular formula is C120H99F3Ir3N8O4-2. The number of aliphatic hydroxyl groups is 2. The van der Waals surface area contributed by atoms with Gasteiger partial charge < -0.3 is 30.1 Å². The second-order valence-corrected chi connectivity index (χ2v) is 34.0. The van der Waals surface area contributed by atoms with E-state index in [2.05, 4.69) is 316 Å². The molecule has 12 nitrogen and oxygen atoms in total. The van der Waals surface area contributed by atoms with Gasteiger partial charge in [0.25, 0.3) is 5.65 Å². The number of fused-ring (bicyclic) bond motifs is 10. The number of anilines is 3. The molecule has 13 aromatic carbocycles. The average molecular weight is 2350 g/mol. The number of nitrogens with zero attached hydrogens (tertiary/aromatic N) is 8. The van der Waals surface area contributed by atoms with Crippen molar-refractivity contribution in [2.45, 2.75) is 93.9 Å². The maximum Gasteiger partial charge on any atom is 0.381 e. The smallest absolute Gasteiger partial charge is 0.381 e. The third-order valence-corrected chi connectivity index (χ3v) is 23.7. The maximum absolute atomic E-state index is 12.5. The Morgan fingerprint density at radius 1 is 0.464 bits per heavy atom. The van der Waals surface area contributed by atoms with Gasteiger partial charge in [0.1, 0.15) is 18.3 Å². The number of rotatable bonds is 9. The first-order valence-electron chi connectivity index (χ1n) is 44.6. The summed E-state index contributed by atoms with van der Waals surface area (Å²) in [5.74, 6) is -0.125. The van der Waals surface area contributed by atoms with E-state index in [0.29, 0.717) is 11.3 Å². The van der Waals surface area contributed by atoms with Gasteiger partial charge in [-0.25, -0.2) is 4.57 Å². The number of aliphatic hydroxyl groups excluding tert-OH is 2. The molecule has 7 aromatic heterocycles. The number of aryl methyl sites for hydroxylation is 4. The van der Waals surface area contributed by atoms with E-state index in [-0.39, 0.29) is 88.8 Å². The Kier molecular flexibility index (Phi) is 33.3. The SMILES string of the molecule is CC(=O)C=C(C)O.CC(=O)C=C(C)O.CC1(C)c2ccc[c-]c2-c2nccc3cccc1c23.Cc1ccc(-c2[c-]cccc2)nc1.Cc1ccc2c(c1)c1cccc3c1c1n2c(-c2c(C)cccc2C)c[n+]1C3.FC(F)(F)c1c[c-]c(-c2ccc3ccccc3n2)cc1.[Ir].[Ir].[Ir].[c-]1ccccc1-c1nccc2ccccc12.c1ccc(N(c2ccccc2)c2cc[n+]3c(c2)-c2ccccc2C3)cc1. The fraction of sp³-hybridized carbons (Fsp3) is 0.117. The Morgan fingerprint density at radius 3 is 1.67 bits per heavy atom. The van der Waals surface area contributed by atoms with Crippen LogP contribution >= 0.6 is 0 Å². The van der Waals surface area contributed by atoms with Crippen molar-refractivity contribution in [3.63, 3.8) is 0 Å². The minimum atomic E-state index is -4.34. The number of benzene rings is 13. The number of carbonyl (C=O) groups is 2. The zero-order valence-electron chi connectivity index (χ0n) is 77.7. The van der Waals surface area contributed by atoms with Crippen molar-refractivity contribution in [3.8, 4) is 67.5 Å². The fourth-order valence-electron chi connectivity index (χ4n) is 17.6. The molecule has 1 aliphatic carbocycles.